The molecule has 2 aromatic heterocycles. The van der Waals surface area contributed by atoms with Crippen molar-refractivity contribution in [2.45, 2.75) is 19.3 Å². The van der Waals surface area contributed by atoms with Crippen LogP contribution in [0.1, 0.15) is 19.3 Å². The highest BCUT2D eigenvalue weighted by Crippen LogP contribution is 2.35. The molecule has 36 heavy (non-hydrogen) atoms. The molecule has 4 aromatic rings. The number of nitrogen functional groups attached to an aromatic ring is 1. The summed E-state index contributed by atoms with van der Waals surface area (Å²) in [7, 11) is 0. The molecule has 184 valence electrons. The number of nitrogens with zero attached hydrogens (tertiary/aromatic N) is 3. The average Bonchev–Trinajstić information content (AvgIpc) is 3.52. The Morgan fingerprint density at radius 1 is 1.14 bits per heavy atom. The predicted molar refractivity (Wildman–Crippen MR) is 142 cm³/mol. The van der Waals surface area contributed by atoms with E-state index < -0.39 is 0 Å². The third kappa shape index (κ3) is 5.46. The highest BCUT2D eigenvalue weighted by atomic mass is 32.1. The normalized spacial score (nSPS) is 13.3. The first-order valence-electron chi connectivity index (χ1n) is 12.0. The van der Waals surface area contributed by atoms with E-state index in [2.05, 4.69) is 10.3 Å². The van der Waals surface area contributed by atoms with Crippen LogP contribution in [0.2, 0.25) is 0 Å². The molecular weight excluding hydrogens is 474 g/mol. The Morgan fingerprint density at radius 3 is 2.75 bits per heavy atom. The summed E-state index contributed by atoms with van der Waals surface area (Å²) in [4.78, 5) is 34.7. The standard InChI is InChI=1S/C27H27N5O3S/c28-26-21(27-31-22-5-1-2-6-23(22)36-27)15-19(16-30-26)18-8-10-20(11-9-18)35-17-24(33)29-12-4-14-32-13-3-7-25(32)34/h1-2,5-6,8-11,15-16H,3-4,7,12-14,17H2,(H2,28,30)(H,29,33). The van der Waals surface area contributed by atoms with Crippen LogP contribution < -0.4 is 15.8 Å². The van der Waals surface area contributed by atoms with Crippen LogP contribution in [0.4, 0.5) is 5.82 Å². The van der Waals surface area contributed by atoms with Crippen LogP contribution in [-0.2, 0) is 9.59 Å². The van der Waals surface area contributed by atoms with Crippen molar-refractivity contribution in [3.8, 4) is 27.4 Å². The lowest BCUT2D eigenvalue weighted by atomic mass is 10.1. The van der Waals surface area contributed by atoms with Crippen LogP contribution in [0.25, 0.3) is 31.9 Å². The summed E-state index contributed by atoms with van der Waals surface area (Å²) in [5, 5.41) is 3.67. The summed E-state index contributed by atoms with van der Waals surface area (Å²) >= 11 is 1.59. The molecule has 0 bridgehead atoms. The summed E-state index contributed by atoms with van der Waals surface area (Å²) < 4.78 is 6.73. The molecule has 9 heteroatoms. The van der Waals surface area contributed by atoms with Gasteiger partial charge in [0.05, 0.1) is 15.8 Å². The molecule has 0 unspecified atom stereocenters. The Balaban J connectivity index is 1.16. The van der Waals surface area contributed by atoms with Crippen LogP contribution in [-0.4, -0.2) is 52.9 Å². The number of amides is 2. The van der Waals surface area contributed by atoms with Gasteiger partial charge in [-0.1, -0.05) is 24.3 Å². The third-order valence-corrected chi connectivity index (χ3v) is 7.17. The van der Waals surface area contributed by atoms with Gasteiger partial charge in [0.2, 0.25) is 5.91 Å². The Kier molecular flexibility index (Phi) is 7.08. The summed E-state index contributed by atoms with van der Waals surface area (Å²) in [6.45, 7) is 1.96. The van der Waals surface area contributed by atoms with E-state index in [1.807, 2.05) is 59.5 Å². The Hall–Kier alpha value is -3.98. The number of nitrogens with two attached hydrogens (primary N) is 1. The lowest BCUT2D eigenvalue weighted by molar-refractivity contribution is -0.127. The summed E-state index contributed by atoms with van der Waals surface area (Å²) in [5.74, 6) is 1.06. The maximum atomic E-state index is 12.1. The van der Waals surface area contributed by atoms with Crippen molar-refractivity contribution in [3.05, 3.63) is 60.8 Å². The van der Waals surface area contributed by atoms with E-state index >= 15 is 0 Å². The van der Waals surface area contributed by atoms with Crippen molar-refractivity contribution in [2.75, 3.05) is 32.0 Å². The van der Waals surface area contributed by atoms with Crippen molar-refractivity contribution in [2.24, 2.45) is 0 Å². The molecule has 0 aliphatic carbocycles. The maximum Gasteiger partial charge on any atom is 0.257 e. The molecule has 0 spiro atoms. The van der Waals surface area contributed by atoms with Gasteiger partial charge in [-0.2, -0.15) is 0 Å². The number of fused-ring (bicyclic) bond motifs is 1. The molecule has 2 aromatic carbocycles. The van der Waals surface area contributed by atoms with Crippen molar-refractivity contribution in [1.29, 1.82) is 0 Å². The molecular formula is C27H27N5O3S. The first kappa shape index (κ1) is 23.7. The predicted octanol–water partition coefficient (Wildman–Crippen LogP) is 4.12. The molecule has 1 fully saturated rings. The second-order valence-electron chi connectivity index (χ2n) is 8.64. The smallest absolute Gasteiger partial charge is 0.257 e. The van der Waals surface area contributed by atoms with Gasteiger partial charge in [-0.05, 0) is 48.7 Å². The molecule has 3 heterocycles. The minimum absolute atomic E-state index is 0.0623. The van der Waals surface area contributed by atoms with Crippen LogP contribution in [0.5, 0.6) is 5.75 Å². The van der Waals surface area contributed by atoms with Crippen LogP contribution >= 0.6 is 11.3 Å². The zero-order valence-corrected chi connectivity index (χ0v) is 20.6. The Morgan fingerprint density at radius 2 is 1.97 bits per heavy atom. The quantitative estimate of drug-likeness (QED) is 0.334. The van der Waals surface area contributed by atoms with E-state index in [1.54, 1.807) is 17.5 Å². The van der Waals surface area contributed by atoms with Gasteiger partial charge in [0.15, 0.2) is 6.61 Å². The van der Waals surface area contributed by atoms with Gasteiger partial charge in [-0.25, -0.2) is 9.97 Å². The number of aromatic nitrogens is 2. The number of carbonyl (C=O) groups excluding carboxylic acids is 2. The number of para-hydroxylation sites is 1. The number of benzene rings is 2. The van der Waals surface area contributed by atoms with E-state index in [9.17, 15) is 9.59 Å². The van der Waals surface area contributed by atoms with Crippen LogP contribution in [0, 0.1) is 0 Å². The molecule has 2 amide bonds. The molecule has 0 radical (unpaired) electrons. The number of pyridine rings is 1. The number of hydrogen-bond acceptors (Lipinski definition) is 7. The SMILES string of the molecule is Nc1ncc(-c2ccc(OCC(=O)NCCCN3CCCC3=O)cc2)cc1-c1nc2ccccc2s1. The number of hydrogen-bond donors (Lipinski definition) is 2. The van der Waals surface area contributed by atoms with Gasteiger partial charge in [-0.15, -0.1) is 11.3 Å². The van der Waals surface area contributed by atoms with Gasteiger partial charge in [0.25, 0.3) is 5.91 Å². The molecule has 8 nitrogen and oxygen atoms in total. The number of likely N-dealkylation sites (tertiary alicyclic amines) is 1. The van der Waals surface area contributed by atoms with Gasteiger partial charge in [0.1, 0.15) is 16.6 Å². The zero-order valence-electron chi connectivity index (χ0n) is 19.8. The third-order valence-electron chi connectivity index (χ3n) is 6.10. The van der Waals surface area contributed by atoms with Gasteiger partial charge < -0.3 is 20.7 Å². The molecule has 1 saturated heterocycles. The first-order chi connectivity index (χ1) is 17.6. The molecule has 0 atom stereocenters. The molecule has 1 aliphatic heterocycles. The van der Waals surface area contributed by atoms with Crippen molar-refractivity contribution >= 4 is 39.2 Å². The van der Waals surface area contributed by atoms with E-state index in [0.717, 1.165) is 51.3 Å². The number of nitrogens with one attached hydrogen (secondary N) is 1. The molecule has 5 rings (SSSR count). The fourth-order valence-corrected chi connectivity index (χ4v) is 5.16. The van der Waals surface area contributed by atoms with Crippen molar-refractivity contribution in [1.82, 2.24) is 20.2 Å². The first-order valence-corrected chi connectivity index (χ1v) is 12.8. The molecule has 1 aliphatic rings. The minimum Gasteiger partial charge on any atom is -0.484 e. The lowest BCUT2D eigenvalue weighted by Gasteiger charge is -2.15. The lowest BCUT2D eigenvalue weighted by Crippen LogP contribution is -2.33. The van der Waals surface area contributed by atoms with Gasteiger partial charge in [-0.3, -0.25) is 9.59 Å². The van der Waals surface area contributed by atoms with Gasteiger partial charge >= 0.3 is 0 Å². The fraction of sp³-hybridized carbons (Fsp3) is 0.259. The minimum atomic E-state index is -0.185. The second-order valence-corrected chi connectivity index (χ2v) is 9.68. The Bertz CT molecular complexity index is 1350. The van der Waals surface area contributed by atoms with Crippen LogP contribution in [0.15, 0.2) is 60.8 Å². The van der Waals surface area contributed by atoms with Crippen LogP contribution in [0.3, 0.4) is 0 Å². The number of anilines is 1. The van der Waals surface area contributed by atoms with Crippen molar-refractivity contribution < 1.29 is 14.3 Å². The number of ether oxygens (including phenoxy) is 1. The second kappa shape index (κ2) is 10.7. The Labute approximate surface area is 213 Å². The summed E-state index contributed by atoms with van der Waals surface area (Å²) in [5.41, 5.74) is 9.79. The highest BCUT2D eigenvalue weighted by molar-refractivity contribution is 7.21. The van der Waals surface area contributed by atoms with E-state index in [0.29, 0.717) is 31.1 Å². The van der Waals surface area contributed by atoms with E-state index in [1.165, 1.54) is 0 Å². The number of thiazole rings is 1. The summed E-state index contributed by atoms with van der Waals surface area (Å²) in [6, 6.07) is 17.5. The number of carbonyl (C=O) groups is 2. The van der Waals surface area contributed by atoms with E-state index in [4.69, 9.17) is 15.5 Å². The zero-order chi connectivity index (χ0) is 24.9. The number of rotatable bonds is 9. The fourth-order valence-electron chi connectivity index (χ4n) is 4.17. The van der Waals surface area contributed by atoms with Crippen molar-refractivity contribution in [3.63, 3.8) is 0 Å². The largest absolute Gasteiger partial charge is 0.484 e. The molecule has 0 saturated carbocycles. The molecule has 3 N–H and O–H groups in total. The topological polar surface area (TPSA) is 110 Å². The maximum absolute atomic E-state index is 12.1. The summed E-state index contributed by atoms with van der Waals surface area (Å²) in [6.07, 6.45) is 4.04. The highest BCUT2D eigenvalue weighted by Gasteiger charge is 2.19. The monoisotopic (exact) mass is 501 g/mol. The van der Waals surface area contributed by atoms with Gasteiger partial charge in [0, 0.05) is 37.8 Å². The average molecular weight is 502 g/mol. The van der Waals surface area contributed by atoms with E-state index in [-0.39, 0.29) is 18.4 Å².